The molecule has 0 aromatic carbocycles. The molecule has 2 heteroatoms. The van der Waals surface area contributed by atoms with Crippen LogP contribution in [0.3, 0.4) is 0 Å². The molecular weight excluding hydrogens is 126 g/mol. The molecule has 0 spiro atoms. The molecule has 0 radical (unpaired) electrons. The lowest BCUT2D eigenvalue weighted by atomic mass is 10.00. The van der Waals surface area contributed by atoms with Gasteiger partial charge in [-0.3, -0.25) is 4.90 Å². The normalized spacial score (nSPS) is 16.9. The van der Waals surface area contributed by atoms with Gasteiger partial charge in [-0.25, -0.2) is 0 Å². The Morgan fingerprint density at radius 2 is 2.00 bits per heavy atom. The maximum Gasteiger partial charge on any atom is 0.137 e. The molecule has 0 unspecified atom stereocenters. The zero-order chi connectivity index (χ0) is 8.15. The number of likely N-dealkylation sites (N-methyl/N-ethyl adjacent to an activating group) is 1. The van der Waals surface area contributed by atoms with Crippen molar-refractivity contribution in [3.05, 3.63) is 0 Å². The lowest BCUT2D eigenvalue weighted by molar-refractivity contribution is -0.113. The van der Waals surface area contributed by atoms with Gasteiger partial charge in [0, 0.05) is 0 Å². The van der Waals surface area contributed by atoms with Gasteiger partial charge in [0.25, 0.3) is 0 Å². The summed E-state index contributed by atoms with van der Waals surface area (Å²) in [5, 5.41) is 0. The highest BCUT2D eigenvalue weighted by atomic mass is 16.1. The Kier molecular flexibility index (Phi) is 4.28. The Morgan fingerprint density at radius 3 is 2.10 bits per heavy atom. The molecule has 60 valence electrons. The zero-order valence-electron chi connectivity index (χ0n) is 7.29. The smallest absolute Gasteiger partial charge is 0.137 e. The largest absolute Gasteiger partial charge is 0.302 e. The van der Waals surface area contributed by atoms with Gasteiger partial charge in [-0.1, -0.05) is 20.3 Å². The van der Waals surface area contributed by atoms with E-state index < -0.39 is 0 Å². The fourth-order valence-electron chi connectivity index (χ4n) is 1.01. The Balaban J connectivity index is 3.92. The van der Waals surface area contributed by atoms with Crippen LogP contribution in [0.15, 0.2) is 0 Å². The van der Waals surface area contributed by atoms with Crippen LogP contribution in [-0.2, 0) is 4.79 Å². The van der Waals surface area contributed by atoms with Gasteiger partial charge in [0.15, 0.2) is 0 Å². The second-order valence-electron chi connectivity index (χ2n) is 2.98. The van der Waals surface area contributed by atoms with Crippen LogP contribution in [0.5, 0.6) is 0 Å². The summed E-state index contributed by atoms with van der Waals surface area (Å²) in [5.41, 5.74) is 0. The molecule has 0 heterocycles. The Morgan fingerprint density at radius 1 is 1.50 bits per heavy atom. The first-order valence-electron chi connectivity index (χ1n) is 3.75. The van der Waals surface area contributed by atoms with Crippen LogP contribution in [0.1, 0.15) is 20.3 Å². The molecular formula is C8H17NO. The molecule has 0 aromatic rings. The van der Waals surface area contributed by atoms with E-state index in [1.54, 1.807) is 0 Å². The fraction of sp³-hybridized carbons (Fsp3) is 0.875. The van der Waals surface area contributed by atoms with Crippen LogP contribution in [0.2, 0.25) is 0 Å². The summed E-state index contributed by atoms with van der Waals surface area (Å²) in [6.07, 6.45) is 2.08. The molecule has 0 saturated carbocycles. The van der Waals surface area contributed by atoms with E-state index in [2.05, 4.69) is 13.8 Å². The van der Waals surface area contributed by atoms with Gasteiger partial charge >= 0.3 is 0 Å². The molecule has 0 rings (SSSR count). The summed E-state index contributed by atoms with van der Waals surface area (Å²) < 4.78 is 0. The first-order chi connectivity index (χ1) is 4.63. The van der Waals surface area contributed by atoms with Crippen LogP contribution < -0.4 is 0 Å². The molecule has 0 bridgehead atoms. The summed E-state index contributed by atoms with van der Waals surface area (Å²) >= 11 is 0. The predicted molar refractivity (Wildman–Crippen MR) is 43.0 cm³/mol. The summed E-state index contributed by atoms with van der Waals surface area (Å²) in [4.78, 5) is 12.5. The summed E-state index contributed by atoms with van der Waals surface area (Å²) in [6.45, 7) is 4.20. The van der Waals surface area contributed by atoms with Crippen molar-refractivity contribution < 1.29 is 4.79 Å². The minimum Gasteiger partial charge on any atom is -0.302 e. The number of nitrogens with zero attached hydrogens (tertiary/aromatic N) is 1. The standard InChI is InChI=1S/C8H17NO/c1-5-7(2)8(6-10)9(3)4/h6-8H,5H2,1-4H3/t7-,8+/m0/s1. The summed E-state index contributed by atoms with van der Waals surface area (Å²) in [5.74, 6) is 0.465. The Bertz CT molecular complexity index is 101. The number of carbonyl (C=O) groups is 1. The van der Waals surface area contributed by atoms with E-state index in [1.165, 1.54) is 0 Å². The minimum absolute atomic E-state index is 0.0880. The zero-order valence-corrected chi connectivity index (χ0v) is 7.29. The summed E-state index contributed by atoms with van der Waals surface area (Å²) in [6, 6.07) is 0.0880. The van der Waals surface area contributed by atoms with Gasteiger partial charge in [-0.2, -0.15) is 0 Å². The molecule has 2 nitrogen and oxygen atoms in total. The third-order valence-electron chi connectivity index (χ3n) is 1.96. The summed E-state index contributed by atoms with van der Waals surface area (Å²) in [7, 11) is 3.87. The first-order valence-corrected chi connectivity index (χ1v) is 3.75. The Hall–Kier alpha value is -0.370. The van der Waals surface area contributed by atoms with Gasteiger partial charge in [0.05, 0.1) is 6.04 Å². The van der Waals surface area contributed by atoms with Crippen molar-refractivity contribution in [2.24, 2.45) is 5.92 Å². The van der Waals surface area contributed by atoms with Crippen LogP contribution >= 0.6 is 0 Å². The topological polar surface area (TPSA) is 20.3 Å². The lowest BCUT2D eigenvalue weighted by Gasteiger charge is -2.23. The number of hydrogen-bond acceptors (Lipinski definition) is 2. The van der Waals surface area contributed by atoms with E-state index in [4.69, 9.17) is 0 Å². The molecule has 0 aromatic heterocycles. The van der Waals surface area contributed by atoms with Gasteiger partial charge < -0.3 is 4.79 Å². The van der Waals surface area contributed by atoms with E-state index in [9.17, 15) is 4.79 Å². The molecule has 0 saturated heterocycles. The van der Waals surface area contributed by atoms with Gasteiger partial charge in [0.2, 0.25) is 0 Å². The van der Waals surface area contributed by atoms with Crippen molar-refractivity contribution in [2.75, 3.05) is 14.1 Å². The van der Waals surface area contributed by atoms with Crippen LogP contribution in [0.25, 0.3) is 0 Å². The SMILES string of the molecule is CC[C@H](C)[C@@H](C=O)N(C)C. The maximum absolute atomic E-state index is 10.5. The highest BCUT2D eigenvalue weighted by Gasteiger charge is 2.15. The maximum atomic E-state index is 10.5. The third-order valence-corrected chi connectivity index (χ3v) is 1.96. The van der Waals surface area contributed by atoms with Crippen molar-refractivity contribution in [1.82, 2.24) is 4.90 Å². The number of aldehydes is 1. The highest BCUT2D eigenvalue weighted by molar-refractivity contribution is 5.57. The lowest BCUT2D eigenvalue weighted by Crippen LogP contribution is -2.34. The molecule has 0 fully saturated rings. The number of rotatable bonds is 4. The van der Waals surface area contributed by atoms with Gasteiger partial charge in [-0.15, -0.1) is 0 Å². The van der Waals surface area contributed by atoms with E-state index in [1.807, 2.05) is 19.0 Å². The molecule has 10 heavy (non-hydrogen) atoms. The quantitative estimate of drug-likeness (QED) is 0.550. The monoisotopic (exact) mass is 143 g/mol. The van der Waals surface area contributed by atoms with Gasteiger partial charge in [-0.05, 0) is 20.0 Å². The van der Waals surface area contributed by atoms with Crippen molar-refractivity contribution >= 4 is 6.29 Å². The highest BCUT2D eigenvalue weighted by Crippen LogP contribution is 2.09. The fourth-order valence-corrected chi connectivity index (χ4v) is 1.01. The van der Waals surface area contributed by atoms with Crippen molar-refractivity contribution in [3.63, 3.8) is 0 Å². The third kappa shape index (κ3) is 2.48. The second kappa shape index (κ2) is 4.45. The van der Waals surface area contributed by atoms with Crippen molar-refractivity contribution in [2.45, 2.75) is 26.3 Å². The average Bonchev–Trinajstić information content (AvgIpc) is 1.88. The molecule has 0 amide bonds. The van der Waals surface area contributed by atoms with Crippen molar-refractivity contribution in [1.29, 1.82) is 0 Å². The molecule has 0 N–H and O–H groups in total. The predicted octanol–water partition coefficient (Wildman–Crippen LogP) is 1.16. The van der Waals surface area contributed by atoms with Crippen molar-refractivity contribution in [3.8, 4) is 0 Å². The minimum atomic E-state index is 0.0880. The second-order valence-corrected chi connectivity index (χ2v) is 2.98. The number of carbonyl (C=O) groups excluding carboxylic acids is 1. The molecule has 0 aliphatic carbocycles. The van der Waals surface area contributed by atoms with E-state index >= 15 is 0 Å². The number of hydrogen-bond donors (Lipinski definition) is 0. The van der Waals surface area contributed by atoms with Crippen LogP contribution in [-0.4, -0.2) is 31.3 Å². The van der Waals surface area contributed by atoms with E-state index in [-0.39, 0.29) is 6.04 Å². The first kappa shape index (κ1) is 9.63. The molecule has 0 aliphatic rings. The Labute approximate surface area is 63.2 Å². The van der Waals surface area contributed by atoms with Gasteiger partial charge in [0.1, 0.15) is 6.29 Å². The molecule has 0 aliphatic heterocycles. The van der Waals surface area contributed by atoms with Crippen LogP contribution in [0, 0.1) is 5.92 Å². The molecule has 2 atom stereocenters. The van der Waals surface area contributed by atoms with Crippen LogP contribution in [0.4, 0.5) is 0 Å². The van der Waals surface area contributed by atoms with E-state index in [0.717, 1.165) is 12.7 Å². The average molecular weight is 143 g/mol. The van der Waals surface area contributed by atoms with E-state index in [0.29, 0.717) is 5.92 Å².